The summed E-state index contributed by atoms with van der Waals surface area (Å²) >= 11 is 0. The van der Waals surface area contributed by atoms with Crippen LogP contribution in [0.25, 0.3) is 0 Å². The fourth-order valence-corrected chi connectivity index (χ4v) is 2.54. The van der Waals surface area contributed by atoms with Crippen molar-refractivity contribution >= 4 is 17.6 Å². The highest BCUT2D eigenvalue weighted by Gasteiger charge is 2.35. The van der Waals surface area contributed by atoms with Gasteiger partial charge in [0.25, 0.3) is 5.91 Å². The molecule has 1 aliphatic heterocycles. The number of carbonyl (C=O) groups is 2. The normalized spacial score (nSPS) is 16.8. The van der Waals surface area contributed by atoms with Gasteiger partial charge in [-0.3, -0.25) is 4.79 Å². The second-order valence-corrected chi connectivity index (χ2v) is 5.41. The smallest absolute Gasteiger partial charge is 0.416 e. The first kappa shape index (κ1) is 16.8. The molecule has 0 spiro atoms. The van der Waals surface area contributed by atoms with E-state index >= 15 is 0 Å². The van der Waals surface area contributed by atoms with Crippen molar-refractivity contribution in [3.63, 3.8) is 0 Å². The van der Waals surface area contributed by atoms with Crippen LogP contribution in [0.5, 0.6) is 5.75 Å². The van der Waals surface area contributed by atoms with Gasteiger partial charge in [-0.15, -0.1) is 0 Å². The van der Waals surface area contributed by atoms with Gasteiger partial charge in [-0.2, -0.15) is 13.2 Å². The molecule has 3 rings (SSSR count). The van der Waals surface area contributed by atoms with E-state index in [1.54, 1.807) is 18.2 Å². The lowest BCUT2D eigenvalue weighted by Gasteiger charge is -2.33. The third kappa shape index (κ3) is 3.28. The molecule has 8 heteroatoms. The van der Waals surface area contributed by atoms with E-state index in [4.69, 9.17) is 4.74 Å². The number of nitrogens with zero attached hydrogens (tertiary/aromatic N) is 1. The SMILES string of the molecule is O=C(O)[C@@H]1CN(C(=O)c2cccc(C(F)(F)F)c2)c2ccccc2O1. The number of para-hydroxylation sites is 2. The number of fused-ring (bicyclic) bond motifs is 1. The summed E-state index contributed by atoms with van der Waals surface area (Å²) in [5, 5.41) is 9.17. The van der Waals surface area contributed by atoms with Crippen molar-refractivity contribution in [2.24, 2.45) is 0 Å². The van der Waals surface area contributed by atoms with Crippen LogP contribution in [-0.4, -0.2) is 29.6 Å². The number of carbonyl (C=O) groups excluding carboxylic acids is 1. The number of hydrogen-bond acceptors (Lipinski definition) is 3. The van der Waals surface area contributed by atoms with Gasteiger partial charge in [0, 0.05) is 5.56 Å². The number of ether oxygens (including phenoxy) is 1. The Bertz CT molecular complexity index is 835. The Balaban J connectivity index is 2.00. The van der Waals surface area contributed by atoms with Crippen molar-refractivity contribution in [2.75, 3.05) is 11.4 Å². The van der Waals surface area contributed by atoms with E-state index < -0.39 is 29.7 Å². The molecule has 0 saturated carbocycles. The van der Waals surface area contributed by atoms with Crippen LogP contribution >= 0.6 is 0 Å². The summed E-state index contributed by atoms with van der Waals surface area (Å²) in [5.41, 5.74) is -0.826. The quantitative estimate of drug-likeness (QED) is 0.902. The van der Waals surface area contributed by atoms with Gasteiger partial charge in [0.2, 0.25) is 6.10 Å². The molecule has 0 bridgehead atoms. The number of alkyl halides is 3. The summed E-state index contributed by atoms with van der Waals surface area (Å²) in [6.45, 7) is -0.304. The van der Waals surface area contributed by atoms with E-state index in [0.29, 0.717) is 5.69 Å². The molecule has 25 heavy (non-hydrogen) atoms. The number of anilines is 1. The van der Waals surface area contributed by atoms with Crippen molar-refractivity contribution in [1.29, 1.82) is 0 Å². The topological polar surface area (TPSA) is 66.8 Å². The summed E-state index contributed by atoms with van der Waals surface area (Å²) in [7, 11) is 0. The van der Waals surface area contributed by atoms with Crippen LogP contribution in [0.2, 0.25) is 0 Å². The molecular weight excluding hydrogens is 339 g/mol. The number of halogens is 3. The Morgan fingerprint density at radius 2 is 1.84 bits per heavy atom. The number of carboxylic acids is 1. The van der Waals surface area contributed by atoms with Crippen molar-refractivity contribution in [3.8, 4) is 5.75 Å². The number of amides is 1. The van der Waals surface area contributed by atoms with E-state index in [-0.39, 0.29) is 17.9 Å². The lowest BCUT2D eigenvalue weighted by atomic mass is 10.1. The second-order valence-electron chi connectivity index (χ2n) is 5.41. The first-order chi connectivity index (χ1) is 11.8. The number of carboxylic acid groups (broad SMARTS) is 1. The molecule has 0 aromatic heterocycles. The van der Waals surface area contributed by atoms with Crippen LogP contribution in [0.3, 0.4) is 0 Å². The van der Waals surface area contributed by atoms with Gasteiger partial charge in [-0.25, -0.2) is 4.79 Å². The third-order valence-corrected chi connectivity index (χ3v) is 3.73. The molecule has 1 N–H and O–H groups in total. The molecule has 2 aromatic rings. The molecule has 0 fully saturated rings. The van der Waals surface area contributed by atoms with Crippen LogP contribution < -0.4 is 9.64 Å². The summed E-state index contributed by atoms with van der Waals surface area (Å²) in [4.78, 5) is 25.1. The Kier molecular flexibility index (Phi) is 4.12. The monoisotopic (exact) mass is 351 g/mol. The predicted octanol–water partition coefficient (Wildman–Crippen LogP) is 3.20. The Morgan fingerprint density at radius 3 is 2.52 bits per heavy atom. The van der Waals surface area contributed by atoms with Crippen LogP contribution in [0, 0.1) is 0 Å². The Hall–Kier alpha value is -3.03. The maximum Gasteiger partial charge on any atom is 0.416 e. The van der Waals surface area contributed by atoms with Gasteiger partial charge in [-0.05, 0) is 30.3 Å². The predicted molar refractivity (Wildman–Crippen MR) is 81.6 cm³/mol. The van der Waals surface area contributed by atoms with E-state index in [2.05, 4.69) is 0 Å². The average molecular weight is 351 g/mol. The molecular formula is C17H12F3NO4. The Morgan fingerprint density at radius 1 is 1.12 bits per heavy atom. The molecule has 1 amide bonds. The minimum atomic E-state index is -4.58. The zero-order chi connectivity index (χ0) is 18.2. The largest absolute Gasteiger partial charge is 0.478 e. The van der Waals surface area contributed by atoms with E-state index in [9.17, 15) is 27.9 Å². The van der Waals surface area contributed by atoms with Gasteiger partial charge < -0.3 is 14.7 Å². The number of aliphatic carboxylic acids is 1. The molecule has 5 nitrogen and oxygen atoms in total. The molecule has 0 saturated heterocycles. The maximum absolute atomic E-state index is 12.9. The van der Waals surface area contributed by atoms with Crippen LogP contribution in [-0.2, 0) is 11.0 Å². The minimum Gasteiger partial charge on any atom is -0.478 e. The molecule has 1 aliphatic rings. The van der Waals surface area contributed by atoms with Crippen molar-refractivity contribution in [1.82, 2.24) is 0 Å². The van der Waals surface area contributed by atoms with Gasteiger partial charge in [-0.1, -0.05) is 18.2 Å². The fraction of sp³-hybridized carbons (Fsp3) is 0.176. The zero-order valence-corrected chi connectivity index (χ0v) is 12.7. The van der Waals surface area contributed by atoms with Gasteiger partial charge in [0.15, 0.2) is 0 Å². The molecule has 130 valence electrons. The van der Waals surface area contributed by atoms with Gasteiger partial charge >= 0.3 is 12.1 Å². The molecule has 0 unspecified atom stereocenters. The summed E-state index contributed by atoms with van der Waals surface area (Å²) in [6, 6.07) is 10.3. The van der Waals surface area contributed by atoms with Crippen LogP contribution in [0.15, 0.2) is 48.5 Å². The molecule has 2 aromatic carbocycles. The molecule has 1 heterocycles. The maximum atomic E-state index is 12.9. The summed E-state index contributed by atoms with van der Waals surface area (Å²) in [5.74, 6) is -1.81. The third-order valence-electron chi connectivity index (χ3n) is 3.73. The van der Waals surface area contributed by atoms with Crippen molar-refractivity contribution in [2.45, 2.75) is 12.3 Å². The molecule has 0 radical (unpaired) electrons. The second kappa shape index (κ2) is 6.12. The van der Waals surface area contributed by atoms with Crippen molar-refractivity contribution in [3.05, 3.63) is 59.7 Å². The number of hydrogen-bond donors (Lipinski definition) is 1. The molecule has 1 atom stereocenters. The fourth-order valence-electron chi connectivity index (χ4n) is 2.54. The van der Waals surface area contributed by atoms with Gasteiger partial charge in [0.05, 0.1) is 17.8 Å². The minimum absolute atomic E-state index is 0.182. The van der Waals surface area contributed by atoms with Crippen LogP contribution in [0.4, 0.5) is 18.9 Å². The first-order valence-corrected chi connectivity index (χ1v) is 7.25. The molecule has 0 aliphatic carbocycles. The van der Waals surface area contributed by atoms with E-state index in [0.717, 1.165) is 23.1 Å². The zero-order valence-electron chi connectivity index (χ0n) is 12.7. The first-order valence-electron chi connectivity index (χ1n) is 7.25. The van der Waals surface area contributed by atoms with E-state index in [1.165, 1.54) is 12.1 Å². The van der Waals surface area contributed by atoms with Crippen molar-refractivity contribution < 1.29 is 32.6 Å². The number of benzene rings is 2. The highest BCUT2D eigenvalue weighted by Crippen LogP contribution is 2.35. The standard InChI is InChI=1S/C17H12F3NO4/c18-17(19,20)11-5-3-4-10(8-11)15(22)21-9-14(16(23)24)25-13-7-2-1-6-12(13)21/h1-8,14H,9H2,(H,23,24)/t14-/m0/s1. The lowest BCUT2D eigenvalue weighted by molar-refractivity contribution is -0.144. The highest BCUT2D eigenvalue weighted by atomic mass is 19.4. The van der Waals surface area contributed by atoms with Crippen LogP contribution in [0.1, 0.15) is 15.9 Å². The van der Waals surface area contributed by atoms with Gasteiger partial charge in [0.1, 0.15) is 5.75 Å². The summed E-state index contributed by atoms with van der Waals surface area (Å²) < 4.78 is 43.9. The average Bonchev–Trinajstić information content (AvgIpc) is 2.59. The number of rotatable bonds is 2. The van der Waals surface area contributed by atoms with E-state index in [1.807, 2.05) is 0 Å². The lowest BCUT2D eigenvalue weighted by Crippen LogP contribution is -2.47. The highest BCUT2D eigenvalue weighted by molar-refractivity contribution is 6.07. The Labute approximate surface area is 140 Å². The summed E-state index contributed by atoms with van der Waals surface area (Å²) in [6.07, 6.45) is -5.88.